The number of rotatable bonds is 2. The molecule has 54 valence electrons. The van der Waals surface area contributed by atoms with Gasteiger partial charge in [0.15, 0.2) is 0 Å². The van der Waals surface area contributed by atoms with E-state index in [1.165, 1.54) is 0 Å². The lowest BCUT2D eigenvalue weighted by molar-refractivity contribution is 0.298. The lowest BCUT2D eigenvalue weighted by atomic mass is 10.2. The van der Waals surface area contributed by atoms with Gasteiger partial charge in [-0.1, -0.05) is 46.3 Å². The molecule has 0 amide bonds. The Balaban J connectivity index is 2.75. The minimum Gasteiger partial charge on any atom is -0.395 e. The first-order valence-electron chi connectivity index (χ1n) is 3.14. The van der Waals surface area contributed by atoms with Crippen LogP contribution in [0.15, 0.2) is 30.3 Å². The second kappa shape index (κ2) is 3.74. The zero-order valence-electron chi connectivity index (χ0n) is 5.50. The van der Waals surface area contributed by atoms with Crippen LogP contribution in [0.25, 0.3) is 0 Å². The summed E-state index contributed by atoms with van der Waals surface area (Å²) in [4.78, 5) is 0.0775. The van der Waals surface area contributed by atoms with E-state index in [1.807, 2.05) is 30.3 Å². The second-order valence-electron chi connectivity index (χ2n) is 2.06. The van der Waals surface area contributed by atoms with Crippen LogP contribution in [0.4, 0.5) is 0 Å². The van der Waals surface area contributed by atoms with Gasteiger partial charge in [-0.2, -0.15) is 0 Å². The molecule has 0 saturated carbocycles. The first-order valence-corrected chi connectivity index (χ1v) is 4.06. The summed E-state index contributed by atoms with van der Waals surface area (Å²) in [6, 6.07) is 9.84. The highest BCUT2D eigenvalue weighted by molar-refractivity contribution is 9.09. The van der Waals surface area contributed by atoms with Gasteiger partial charge >= 0.3 is 0 Å². The first-order chi connectivity index (χ1) is 4.84. The van der Waals surface area contributed by atoms with Gasteiger partial charge in [0.2, 0.25) is 0 Å². The quantitative estimate of drug-likeness (QED) is 0.726. The molecule has 0 aliphatic rings. The van der Waals surface area contributed by atoms with Gasteiger partial charge in [-0.3, -0.25) is 0 Å². The molecule has 0 saturated heterocycles. The van der Waals surface area contributed by atoms with Gasteiger partial charge < -0.3 is 5.11 Å². The van der Waals surface area contributed by atoms with Crippen molar-refractivity contribution in [3.63, 3.8) is 0 Å². The molecule has 0 radical (unpaired) electrons. The van der Waals surface area contributed by atoms with Crippen molar-refractivity contribution in [1.29, 1.82) is 0 Å². The summed E-state index contributed by atoms with van der Waals surface area (Å²) in [6.07, 6.45) is 0. The molecule has 1 aromatic rings. The van der Waals surface area contributed by atoms with Crippen molar-refractivity contribution in [2.24, 2.45) is 0 Å². The number of aliphatic hydroxyl groups excluding tert-OH is 1. The molecule has 0 fully saturated rings. The highest BCUT2D eigenvalue weighted by Gasteiger charge is 2.02. The van der Waals surface area contributed by atoms with E-state index in [9.17, 15) is 0 Å². The third kappa shape index (κ3) is 1.82. The smallest absolute Gasteiger partial charge is 0.0626 e. The predicted molar refractivity (Wildman–Crippen MR) is 45.2 cm³/mol. The van der Waals surface area contributed by atoms with Crippen LogP contribution in [0.3, 0.4) is 0 Å². The Labute approximate surface area is 68.8 Å². The van der Waals surface area contributed by atoms with Crippen LogP contribution in [0.2, 0.25) is 0 Å². The van der Waals surface area contributed by atoms with Crippen LogP contribution >= 0.6 is 15.9 Å². The molecule has 0 aliphatic heterocycles. The fraction of sp³-hybridized carbons (Fsp3) is 0.250. The molecular weight excluding hydrogens is 192 g/mol. The fourth-order valence-electron chi connectivity index (χ4n) is 0.767. The minimum absolute atomic E-state index is 0.0775. The molecule has 1 atom stereocenters. The summed E-state index contributed by atoms with van der Waals surface area (Å²) in [6.45, 7) is 0.143. The van der Waals surface area contributed by atoms with Crippen LogP contribution < -0.4 is 0 Å². The lowest BCUT2D eigenvalue weighted by Gasteiger charge is -2.03. The van der Waals surface area contributed by atoms with Gasteiger partial charge in [0.1, 0.15) is 0 Å². The molecule has 1 aromatic carbocycles. The number of hydrogen-bond donors (Lipinski definition) is 1. The lowest BCUT2D eigenvalue weighted by Crippen LogP contribution is -1.93. The molecule has 1 nitrogen and oxygen atoms in total. The van der Waals surface area contributed by atoms with Crippen molar-refractivity contribution in [1.82, 2.24) is 0 Å². The Bertz CT molecular complexity index is 186. The van der Waals surface area contributed by atoms with Gasteiger partial charge in [0, 0.05) is 0 Å². The summed E-state index contributed by atoms with van der Waals surface area (Å²) >= 11 is 3.33. The molecule has 0 heterocycles. The third-order valence-corrected chi connectivity index (χ3v) is 2.14. The highest BCUT2D eigenvalue weighted by Crippen LogP contribution is 2.20. The summed E-state index contributed by atoms with van der Waals surface area (Å²) < 4.78 is 0. The van der Waals surface area contributed by atoms with Gasteiger partial charge in [-0.05, 0) is 5.56 Å². The van der Waals surface area contributed by atoms with Gasteiger partial charge in [-0.25, -0.2) is 0 Å². The molecule has 0 aromatic heterocycles. The Hall–Kier alpha value is -0.340. The Morgan fingerprint density at radius 2 is 1.90 bits per heavy atom. The predicted octanol–water partition coefficient (Wildman–Crippen LogP) is 2.11. The zero-order chi connectivity index (χ0) is 7.40. The maximum Gasteiger partial charge on any atom is 0.0626 e. The summed E-state index contributed by atoms with van der Waals surface area (Å²) in [5, 5.41) is 8.74. The minimum atomic E-state index is 0.0775. The zero-order valence-corrected chi connectivity index (χ0v) is 7.08. The van der Waals surface area contributed by atoms with E-state index in [1.54, 1.807) is 0 Å². The first kappa shape index (κ1) is 7.76. The molecule has 1 N–H and O–H groups in total. The summed E-state index contributed by atoms with van der Waals surface area (Å²) in [7, 11) is 0. The fourth-order valence-corrected chi connectivity index (χ4v) is 1.07. The SMILES string of the molecule is OC[C@H](Br)c1ccccc1. The number of aliphatic hydroxyl groups is 1. The number of halogens is 1. The van der Waals surface area contributed by atoms with Crippen molar-refractivity contribution in [2.45, 2.75) is 4.83 Å². The Morgan fingerprint density at radius 1 is 1.30 bits per heavy atom. The molecule has 1 rings (SSSR count). The Kier molecular flexibility index (Phi) is 2.90. The van der Waals surface area contributed by atoms with Crippen molar-refractivity contribution >= 4 is 15.9 Å². The van der Waals surface area contributed by atoms with E-state index in [2.05, 4.69) is 15.9 Å². The molecule has 10 heavy (non-hydrogen) atoms. The van der Waals surface area contributed by atoms with E-state index in [4.69, 9.17) is 5.11 Å². The van der Waals surface area contributed by atoms with Crippen molar-refractivity contribution in [2.75, 3.05) is 6.61 Å². The summed E-state index contributed by atoms with van der Waals surface area (Å²) in [5.74, 6) is 0. The van der Waals surface area contributed by atoms with Gasteiger partial charge in [0.05, 0.1) is 11.4 Å². The molecule has 2 heteroatoms. The molecule has 0 unspecified atom stereocenters. The molecule has 0 bridgehead atoms. The second-order valence-corrected chi connectivity index (χ2v) is 3.17. The van der Waals surface area contributed by atoms with Crippen LogP contribution in [-0.2, 0) is 0 Å². The van der Waals surface area contributed by atoms with Crippen LogP contribution in [0.5, 0.6) is 0 Å². The standard InChI is InChI=1S/C8H9BrO/c9-8(6-10)7-4-2-1-3-5-7/h1-5,8,10H,6H2/t8-/m0/s1. The van der Waals surface area contributed by atoms with E-state index >= 15 is 0 Å². The van der Waals surface area contributed by atoms with Gasteiger partial charge in [-0.15, -0.1) is 0 Å². The Morgan fingerprint density at radius 3 is 2.40 bits per heavy atom. The molecular formula is C8H9BrO. The van der Waals surface area contributed by atoms with E-state index < -0.39 is 0 Å². The topological polar surface area (TPSA) is 20.2 Å². The van der Waals surface area contributed by atoms with Crippen molar-refractivity contribution in [3.05, 3.63) is 35.9 Å². The molecule has 0 spiro atoms. The largest absolute Gasteiger partial charge is 0.395 e. The van der Waals surface area contributed by atoms with Crippen molar-refractivity contribution < 1.29 is 5.11 Å². The maximum absolute atomic E-state index is 8.74. The van der Waals surface area contributed by atoms with Crippen LogP contribution in [0.1, 0.15) is 10.4 Å². The van der Waals surface area contributed by atoms with Gasteiger partial charge in [0.25, 0.3) is 0 Å². The van der Waals surface area contributed by atoms with Crippen LogP contribution in [-0.4, -0.2) is 11.7 Å². The maximum atomic E-state index is 8.74. The summed E-state index contributed by atoms with van der Waals surface area (Å²) in [5.41, 5.74) is 1.12. The molecule has 0 aliphatic carbocycles. The van der Waals surface area contributed by atoms with Crippen molar-refractivity contribution in [3.8, 4) is 0 Å². The van der Waals surface area contributed by atoms with Crippen LogP contribution in [0, 0.1) is 0 Å². The number of alkyl halides is 1. The normalized spacial score (nSPS) is 13.0. The number of hydrogen-bond acceptors (Lipinski definition) is 1. The average Bonchev–Trinajstić information content (AvgIpc) is 2.05. The third-order valence-electron chi connectivity index (χ3n) is 1.32. The highest BCUT2D eigenvalue weighted by atomic mass is 79.9. The van der Waals surface area contributed by atoms with E-state index in [0.29, 0.717) is 0 Å². The number of benzene rings is 1. The van der Waals surface area contributed by atoms with E-state index in [-0.39, 0.29) is 11.4 Å². The van der Waals surface area contributed by atoms with E-state index in [0.717, 1.165) is 5.56 Å². The monoisotopic (exact) mass is 200 g/mol. The average molecular weight is 201 g/mol.